The molecule has 0 unspecified atom stereocenters. The maximum absolute atomic E-state index is 13.2. The first-order valence-electron chi connectivity index (χ1n) is 10.8. The molecule has 2 aromatic rings. The molecule has 0 amide bonds. The maximum Gasteiger partial charge on any atom is 0.125 e. The van der Waals surface area contributed by atoms with Gasteiger partial charge in [0.25, 0.3) is 0 Å². The standard InChI is InChI=1S/C24H36N3OPS.B/c1-6-26(7-2)29(27(8-3)9-4)24(20-17-22-13-11-10-12-14-22)25-30(28)23-18-15-21(5)16-19-23;/h10-20,24-25H,6-9H2,1-5H3;/b20-17+;/t24-,30-;/m0./s1. The van der Waals surface area contributed by atoms with E-state index in [0.717, 1.165) is 36.6 Å². The topological polar surface area (TPSA) is 35.6 Å². The summed E-state index contributed by atoms with van der Waals surface area (Å²) in [7, 11) is -1.98. The summed E-state index contributed by atoms with van der Waals surface area (Å²) in [5.74, 6) is -0.0258. The van der Waals surface area contributed by atoms with Crippen molar-refractivity contribution in [3.8, 4) is 0 Å². The van der Waals surface area contributed by atoms with E-state index < -0.39 is 19.2 Å². The number of rotatable bonds is 12. The van der Waals surface area contributed by atoms with Crippen LogP contribution in [0.2, 0.25) is 0 Å². The molecule has 0 aliphatic heterocycles. The number of aryl methyl sites for hydroxylation is 1. The number of hydrogen-bond donors (Lipinski definition) is 1. The third-order valence-electron chi connectivity index (χ3n) is 5.02. The van der Waals surface area contributed by atoms with Gasteiger partial charge in [0.05, 0.1) is 18.9 Å². The van der Waals surface area contributed by atoms with Crippen LogP contribution in [0.1, 0.15) is 38.8 Å². The number of nitrogens with zero attached hydrogens (tertiary/aromatic N) is 2. The highest BCUT2D eigenvalue weighted by Gasteiger charge is 2.30. The van der Waals surface area contributed by atoms with E-state index in [1.807, 2.05) is 49.4 Å². The van der Waals surface area contributed by atoms with Crippen molar-refractivity contribution >= 4 is 33.7 Å². The molecule has 31 heavy (non-hydrogen) atoms. The van der Waals surface area contributed by atoms with Gasteiger partial charge in [-0.25, -0.2) is 8.93 Å². The highest BCUT2D eigenvalue weighted by Crippen LogP contribution is 2.48. The summed E-state index contributed by atoms with van der Waals surface area (Å²) >= 11 is 0. The predicted octanol–water partition coefficient (Wildman–Crippen LogP) is 5.26. The lowest BCUT2D eigenvalue weighted by Crippen LogP contribution is -2.40. The summed E-state index contributed by atoms with van der Waals surface area (Å²) < 4.78 is 21.7. The fraction of sp³-hybridized carbons (Fsp3) is 0.417. The largest absolute Gasteiger partial charge is 0.269 e. The fourth-order valence-electron chi connectivity index (χ4n) is 3.33. The molecule has 0 saturated carbocycles. The average molecular weight is 456 g/mol. The fourth-order valence-corrected chi connectivity index (χ4v) is 7.27. The van der Waals surface area contributed by atoms with Gasteiger partial charge in [-0.15, -0.1) is 0 Å². The van der Waals surface area contributed by atoms with Gasteiger partial charge in [0.1, 0.15) is 11.0 Å². The minimum Gasteiger partial charge on any atom is -0.269 e. The van der Waals surface area contributed by atoms with Crippen molar-refractivity contribution in [2.24, 2.45) is 0 Å². The van der Waals surface area contributed by atoms with E-state index in [1.165, 1.54) is 5.56 Å². The first-order chi connectivity index (χ1) is 14.5. The number of nitrogens with one attached hydrogen (secondary N) is 1. The molecule has 0 bridgehead atoms. The molecule has 2 rings (SSSR count). The third-order valence-corrected chi connectivity index (χ3v) is 9.45. The van der Waals surface area contributed by atoms with Gasteiger partial charge in [-0.2, -0.15) is 0 Å². The van der Waals surface area contributed by atoms with Gasteiger partial charge in [0.2, 0.25) is 0 Å². The second kappa shape index (κ2) is 14.7. The highest BCUT2D eigenvalue weighted by molar-refractivity contribution is 7.83. The molecule has 1 N–H and O–H groups in total. The van der Waals surface area contributed by atoms with Crippen molar-refractivity contribution < 1.29 is 4.21 Å². The maximum atomic E-state index is 13.2. The average Bonchev–Trinajstić information content (AvgIpc) is 2.78. The molecule has 0 aliphatic carbocycles. The van der Waals surface area contributed by atoms with Gasteiger partial charge < -0.3 is 0 Å². The molecule has 0 fully saturated rings. The molecule has 0 heterocycles. The molecule has 0 aliphatic rings. The van der Waals surface area contributed by atoms with Gasteiger partial charge in [0, 0.05) is 34.6 Å². The van der Waals surface area contributed by atoms with Gasteiger partial charge in [-0.1, -0.05) is 87.9 Å². The van der Waals surface area contributed by atoms with E-state index in [0.29, 0.717) is 0 Å². The zero-order valence-electron chi connectivity index (χ0n) is 19.5. The van der Waals surface area contributed by atoms with Gasteiger partial charge in [0.15, 0.2) is 0 Å². The van der Waals surface area contributed by atoms with Crippen LogP contribution in [-0.2, 0) is 11.0 Å². The lowest BCUT2D eigenvalue weighted by atomic mass is 10.2. The zero-order chi connectivity index (χ0) is 21.9. The lowest BCUT2D eigenvalue weighted by Gasteiger charge is -2.41. The molecule has 2 aromatic carbocycles. The van der Waals surface area contributed by atoms with E-state index in [-0.39, 0.29) is 14.2 Å². The van der Waals surface area contributed by atoms with Crippen molar-refractivity contribution in [3.05, 3.63) is 71.8 Å². The molecule has 2 atom stereocenters. The van der Waals surface area contributed by atoms with Gasteiger partial charge in [-0.05, 0) is 24.6 Å². The van der Waals surface area contributed by atoms with Crippen LogP contribution in [0.3, 0.4) is 0 Å². The monoisotopic (exact) mass is 456 g/mol. The smallest absolute Gasteiger partial charge is 0.125 e. The molecule has 3 radical (unpaired) electrons. The van der Waals surface area contributed by atoms with E-state index in [9.17, 15) is 4.21 Å². The summed E-state index contributed by atoms with van der Waals surface area (Å²) in [4.78, 5) is 0.813. The van der Waals surface area contributed by atoms with E-state index in [1.54, 1.807) is 0 Å². The van der Waals surface area contributed by atoms with Gasteiger partial charge >= 0.3 is 0 Å². The van der Waals surface area contributed by atoms with Crippen LogP contribution < -0.4 is 4.72 Å². The van der Waals surface area contributed by atoms with Crippen LogP contribution in [0.4, 0.5) is 0 Å². The van der Waals surface area contributed by atoms with Crippen molar-refractivity contribution in [2.45, 2.75) is 45.3 Å². The Morgan fingerprint density at radius 3 is 1.90 bits per heavy atom. The van der Waals surface area contributed by atoms with Crippen LogP contribution in [0, 0.1) is 6.92 Å². The van der Waals surface area contributed by atoms with E-state index >= 15 is 0 Å². The van der Waals surface area contributed by atoms with Crippen LogP contribution in [-0.4, -0.2) is 53.9 Å². The first-order valence-corrected chi connectivity index (χ1v) is 13.3. The Bertz CT molecular complexity index is 784. The van der Waals surface area contributed by atoms with Crippen molar-refractivity contribution in [3.63, 3.8) is 0 Å². The molecule has 4 nitrogen and oxygen atoms in total. The lowest BCUT2D eigenvalue weighted by molar-refractivity contribution is 0.416. The third kappa shape index (κ3) is 8.29. The van der Waals surface area contributed by atoms with Gasteiger partial charge in [-0.3, -0.25) is 9.34 Å². The minimum atomic E-state index is -1.28. The van der Waals surface area contributed by atoms with Crippen molar-refractivity contribution in [2.75, 3.05) is 26.2 Å². The van der Waals surface area contributed by atoms with Crippen molar-refractivity contribution in [1.29, 1.82) is 0 Å². The van der Waals surface area contributed by atoms with E-state index in [2.05, 4.69) is 66.0 Å². The normalized spacial score (nSPS) is 13.7. The Kier molecular flexibility index (Phi) is 13.2. The minimum absolute atomic E-state index is 0. The quantitative estimate of drug-likeness (QED) is 0.350. The Hall–Kier alpha value is -1.30. The highest BCUT2D eigenvalue weighted by atomic mass is 32.2. The second-order valence-electron chi connectivity index (χ2n) is 7.01. The summed E-state index contributed by atoms with van der Waals surface area (Å²) in [6.07, 6.45) is 4.34. The van der Waals surface area contributed by atoms with Crippen LogP contribution in [0.15, 0.2) is 65.6 Å². The molecule has 7 heteroatoms. The number of hydrogen-bond acceptors (Lipinski definition) is 3. The molecule has 0 saturated heterocycles. The SMILES string of the molecule is CCN(CC)P([C@@H](/C=C/c1ccccc1)N[S@@](=O)c1ccc(C)cc1)N(CC)CC.[B]. The van der Waals surface area contributed by atoms with Crippen LogP contribution in [0.25, 0.3) is 6.08 Å². The van der Waals surface area contributed by atoms with Crippen molar-refractivity contribution in [1.82, 2.24) is 14.1 Å². The summed E-state index contributed by atoms with van der Waals surface area (Å²) in [5, 5.41) is 0. The second-order valence-corrected chi connectivity index (χ2v) is 10.6. The molecule has 167 valence electrons. The molecule has 0 spiro atoms. The molecule has 0 aromatic heterocycles. The molecular formula is C24H36BN3OPS. The first kappa shape index (κ1) is 27.7. The Morgan fingerprint density at radius 1 is 0.903 bits per heavy atom. The molecular weight excluding hydrogens is 420 g/mol. The van der Waals surface area contributed by atoms with Crippen LogP contribution in [0.5, 0.6) is 0 Å². The Morgan fingerprint density at radius 2 is 1.42 bits per heavy atom. The summed E-state index contributed by atoms with van der Waals surface area (Å²) in [5.41, 5.74) is 2.32. The Balaban J connectivity index is 0.00000480. The zero-order valence-corrected chi connectivity index (χ0v) is 21.2. The summed E-state index contributed by atoms with van der Waals surface area (Å²) in [6.45, 7) is 14.7. The summed E-state index contributed by atoms with van der Waals surface area (Å²) in [6, 6.07) is 18.2. The van der Waals surface area contributed by atoms with E-state index in [4.69, 9.17) is 0 Å². The number of benzene rings is 2. The van der Waals surface area contributed by atoms with Crippen LogP contribution >= 0.6 is 8.22 Å². The Labute approximate surface area is 195 Å². The predicted molar refractivity (Wildman–Crippen MR) is 139 cm³/mol.